The van der Waals surface area contributed by atoms with Crippen LogP contribution in [-0.2, 0) is 32.1 Å². The number of fused-ring (bicyclic) bond motifs is 10. The molecule has 10 aromatic rings. The van der Waals surface area contributed by atoms with Crippen molar-refractivity contribution in [3.05, 3.63) is 295 Å². The molecular weight excluding hydrogens is 1680 g/mol. The first-order valence-electron chi connectivity index (χ1n) is 50.3. The van der Waals surface area contributed by atoms with Crippen LogP contribution < -0.4 is 47.4 Å². The molecule has 0 saturated carbocycles. The molecule has 10 unspecified atom stereocenters. The van der Waals surface area contributed by atoms with Crippen molar-refractivity contribution in [2.24, 2.45) is 29.6 Å². The molecule has 5 saturated heterocycles. The lowest BCUT2D eigenvalue weighted by Gasteiger charge is -2.38. The Morgan fingerprint density at radius 1 is 0.230 bits per heavy atom. The first-order valence-corrected chi connectivity index (χ1v) is 50.3. The summed E-state index contributed by atoms with van der Waals surface area (Å²) in [5.74, 6) is 12.0. The third-order valence-electron chi connectivity index (χ3n) is 31.1. The number of likely N-dealkylation sites (tertiary alicyclic amines) is 5. The van der Waals surface area contributed by atoms with Crippen molar-refractivity contribution in [2.45, 2.75) is 161 Å². The minimum absolute atomic E-state index is 0.381. The van der Waals surface area contributed by atoms with E-state index in [2.05, 4.69) is 236 Å². The molecule has 15 aliphatic rings. The Labute approximate surface area is 796 Å². The molecule has 15 heterocycles. The SMILES string of the molecule is CC(c1ccc2c(c1)OCCO2)N1CCCC(C2=Cc3ncccc3C2)C1.CC(c1ccc2c(c1)OCCO2)N1CCCC(C2=Cc3ncccc3C2)C1.CC(c1ccc2c(c1)OCCO2)N1CCCC(C2=Cc3ncccc3C2)C1.CC(c1ccc2c(c1)OCCO2)N1CCCC(C2=Cc3ncccc3C2)C1.CC(c1ccc2c(c1)OCCO2)N1CCCC(C2=Cc3ncccc3C2)C1. The smallest absolute Gasteiger partial charge is 0.161 e. The number of aromatic nitrogens is 5. The maximum Gasteiger partial charge on any atom is 0.161 e. The normalized spacial score (nSPS) is 22.9. The minimum atomic E-state index is 0.381. The number of piperidine rings is 5. The van der Waals surface area contributed by atoms with Gasteiger partial charge >= 0.3 is 0 Å². The molecule has 0 amide bonds. The highest BCUT2D eigenvalue weighted by atomic mass is 16.6. The van der Waals surface area contributed by atoms with Crippen molar-refractivity contribution in [2.75, 3.05) is 132 Å². The zero-order chi connectivity index (χ0) is 91.1. The van der Waals surface area contributed by atoms with E-state index < -0.39 is 0 Å². The van der Waals surface area contributed by atoms with E-state index in [1.807, 2.05) is 61.3 Å². The fourth-order valence-corrected chi connectivity index (χ4v) is 23.2. The van der Waals surface area contributed by atoms with Gasteiger partial charge in [0.2, 0.25) is 0 Å². The zero-order valence-electron chi connectivity index (χ0n) is 79.3. The zero-order valence-corrected chi connectivity index (χ0v) is 79.3. The van der Waals surface area contributed by atoms with Crippen LogP contribution in [0.2, 0.25) is 0 Å². The molecular formula is C115H130N10O10. The molecule has 0 bridgehead atoms. The fourth-order valence-electron chi connectivity index (χ4n) is 23.2. The summed E-state index contributed by atoms with van der Waals surface area (Å²) < 4.78 is 57.2. The number of nitrogens with zero attached hydrogens (tertiary/aromatic N) is 10. The van der Waals surface area contributed by atoms with E-state index in [0.717, 1.165) is 155 Å². The van der Waals surface area contributed by atoms with E-state index in [-0.39, 0.29) is 0 Å². The lowest BCUT2D eigenvalue weighted by Crippen LogP contribution is -2.38. The molecule has 5 aromatic carbocycles. The Morgan fingerprint density at radius 3 is 0.585 bits per heavy atom. The molecule has 0 spiro atoms. The molecule has 25 rings (SSSR count). The number of ether oxygens (including phenoxy) is 10. The van der Waals surface area contributed by atoms with Crippen molar-refractivity contribution >= 4 is 30.4 Å². The summed E-state index contributed by atoms with van der Waals surface area (Å²) >= 11 is 0. The van der Waals surface area contributed by atoms with E-state index in [1.165, 1.54) is 148 Å². The predicted octanol–water partition coefficient (Wildman–Crippen LogP) is 21.3. The largest absolute Gasteiger partial charge is 0.486 e. The van der Waals surface area contributed by atoms with Gasteiger partial charge in [0.15, 0.2) is 57.5 Å². The first kappa shape index (κ1) is 89.9. The molecule has 0 N–H and O–H groups in total. The maximum atomic E-state index is 5.78. The van der Waals surface area contributed by atoms with E-state index in [1.54, 1.807) is 27.9 Å². The molecule has 5 aromatic heterocycles. The van der Waals surface area contributed by atoms with Crippen LogP contribution in [0.4, 0.5) is 0 Å². The molecule has 0 radical (unpaired) electrons. The molecule has 5 fully saturated rings. The summed E-state index contributed by atoms with van der Waals surface area (Å²) in [6.45, 7) is 29.3. The van der Waals surface area contributed by atoms with Gasteiger partial charge in [-0.3, -0.25) is 49.4 Å². The van der Waals surface area contributed by atoms with Gasteiger partial charge in [0.25, 0.3) is 0 Å². The van der Waals surface area contributed by atoms with Crippen LogP contribution in [0.3, 0.4) is 0 Å². The van der Waals surface area contributed by atoms with Crippen LogP contribution in [-0.4, -0.2) is 181 Å². The van der Waals surface area contributed by atoms with Gasteiger partial charge in [-0.2, -0.15) is 0 Å². The Balaban J connectivity index is 0.000000101. The molecule has 20 heteroatoms. The monoisotopic (exact) mass is 1810 g/mol. The van der Waals surface area contributed by atoms with Gasteiger partial charge in [0.1, 0.15) is 66.1 Å². The van der Waals surface area contributed by atoms with Gasteiger partial charge in [0.05, 0.1) is 28.5 Å². The predicted molar refractivity (Wildman–Crippen MR) is 530 cm³/mol. The Kier molecular flexibility index (Phi) is 27.6. The summed E-state index contributed by atoms with van der Waals surface area (Å²) in [6, 6.07) is 55.3. The summed E-state index contributed by atoms with van der Waals surface area (Å²) in [5.41, 5.74) is 27.1. The minimum Gasteiger partial charge on any atom is -0.486 e. The molecule has 135 heavy (non-hydrogen) atoms. The standard InChI is InChI=1S/5C23H26N2O2/c5*1-16(17-6-7-22-23(14-17)27-11-10-26-22)25-9-3-5-19(15-25)20-12-18-4-2-8-24-21(18)13-20/h5*2,4,6-8,13-14,16,19H,3,5,9-12,15H2,1H3. The summed E-state index contributed by atoms with van der Waals surface area (Å²) in [4.78, 5) is 35.8. The van der Waals surface area contributed by atoms with E-state index in [4.69, 9.17) is 47.4 Å². The Hall–Kier alpha value is -11.7. The Morgan fingerprint density at radius 2 is 0.407 bits per heavy atom. The average molecular weight is 1810 g/mol. The molecule has 10 atom stereocenters. The number of benzene rings is 5. The Bertz CT molecular complexity index is 5220. The number of hydrogen-bond acceptors (Lipinski definition) is 20. The highest BCUT2D eigenvalue weighted by molar-refractivity contribution is 5.65. The van der Waals surface area contributed by atoms with Gasteiger partial charge in [-0.05, 0) is 370 Å². The third-order valence-corrected chi connectivity index (χ3v) is 31.1. The van der Waals surface area contributed by atoms with Crippen LogP contribution in [0.5, 0.6) is 57.5 Å². The van der Waals surface area contributed by atoms with Gasteiger partial charge in [-0.25, -0.2) is 0 Å². The van der Waals surface area contributed by atoms with Crippen molar-refractivity contribution in [1.29, 1.82) is 0 Å². The highest BCUT2D eigenvalue weighted by Crippen LogP contribution is 2.47. The second kappa shape index (κ2) is 41.5. The van der Waals surface area contributed by atoms with Crippen molar-refractivity contribution in [3.8, 4) is 57.5 Å². The summed E-state index contributed by atoms with van der Waals surface area (Å²) in [7, 11) is 0. The lowest BCUT2D eigenvalue weighted by molar-refractivity contribution is 0.143. The van der Waals surface area contributed by atoms with Crippen molar-refractivity contribution in [3.63, 3.8) is 0 Å². The van der Waals surface area contributed by atoms with E-state index >= 15 is 0 Å². The van der Waals surface area contributed by atoms with E-state index in [0.29, 0.717) is 126 Å². The van der Waals surface area contributed by atoms with Crippen LogP contribution in [0, 0.1) is 29.6 Å². The van der Waals surface area contributed by atoms with Gasteiger partial charge in [0, 0.05) is 93.9 Å². The lowest BCUT2D eigenvalue weighted by atomic mass is 9.88. The number of hydrogen-bond donors (Lipinski definition) is 0. The molecule has 700 valence electrons. The molecule has 20 nitrogen and oxygen atoms in total. The van der Waals surface area contributed by atoms with Gasteiger partial charge in [-0.1, -0.05) is 88.5 Å². The highest BCUT2D eigenvalue weighted by Gasteiger charge is 2.37. The maximum absolute atomic E-state index is 5.78. The quantitative estimate of drug-likeness (QED) is 0.0947. The second-order valence-corrected chi connectivity index (χ2v) is 39.3. The molecule has 5 aliphatic carbocycles. The second-order valence-electron chi connectivity index (χ2n) is 39.3. The van der Waals surface area contributed by atoms with Gasteiger partial charge in [-0.15, -0.1) is 0 Å². The number of rotatable bonds is 15. The van der Waals surface area contributed by atoms with Crippen LogP contribution >= 0.6 is 0 Å². The van der Waals surface area contributed by atoms with Crippen LogP contribution in [0.15, 0.2) is 211 Å². The van der Waals surface area contributed by atoms with E-state index in [9.17, 15) is 0 Å². The van der Waals surface area contributed by atoms with Crippen LogP contribution in [0.1, 0.15) is 213 Å². The number of pyridine rings is 5. The molecule has 10 aliphatic heterocycles. The third kappa shape index (κ3) is 20.6. The topological polar surface area (TPSA) is 173 Å². The fraction of sp³-hybridized carbons (Fsp3) is 0.435. The summed E-state index contributed by atoms with van der Waals surface area (Å²) in [5, 5.41) is 0. The van der Waals surface area contributed by atoms with Crippen molar-refractivity contribution in [1.82, 2.24) is 49.4 Å². The van der Waals surface area contributed by atoms with Crippen LogP contribution in [0.25, 0.3) is 30.4 Å². The van der Waals surface area contributed by atoms with Crippen molar-refractivity contribution < 1.29 is 47.4 Å². The summed E-state index contributed by atoms with van der Waals surface area (Å²) in [6.07, 6.45) is 39.2. The van der Waals surface area contributed by atoms with Gasteiger partial charge < -0.3 is 47.4 Å². The first-order chi connectivity index (χ1) is 66.4. The average Bonchev–Trinajstić information content (AvgIpc) is 1.66.